The molecule has 0 atom stereocenters. The molecule has 0 aliphatic carbocycles. The van der Waals surface area contributed by atoms with Crippen molar-refractivity contribution in [1.82, 2.24) is 4.31 Å². The van der Waals surface area contributed by atoms with Gasteiger partial charge in [-0.05, 0) is 35.7 Å². The van der Waals surface area contributed by atoms with Gasteiger partial charge in [-0.15, -0.1) is 0 Å². The fourth-order valence-electron chi connectivity index (χ4n) is 3.04. The minimum Gasteiger partial charge on any atom is -0.465 e. The van der Waals surface area contributed by atoms with E-state index in [2.05, 4.69) is 0 Å². The normalized spacial score (nSPS) is 11.4. The Hall–Kier alpha value is -2.96. The summed E-state index contributed by atoms with van der Waals surface area (Å²) >= 11 is 0. The smallest absolute Gasteiger partial charge is 0.338 e. The minimum absolute atomic E-state index is 0.0652. The zero-order chi connectivity index (χ0) is 20.9. The van der Waals surface area contributed by atoms with E-state index in [4.69, 9.17) is 4.74 Å². The third-order valence-corrected chi connectivity index (χ3v) is 6.44. The fourth-order valence-corrected chi connectivity index (χ4v) is 4.48. The van der Waals surface area contributed by atoms with Crippen LogP contribution in [0.3, 0.4) is 0 Å². The molecule has 0 amide bonds. The van der Waals surface area contributed by atoms with Gasteiger partial charge >= 0.3 is 5.97 Å². The van der Waals surface area contributed by atoms with E-state index in [0.29, 0.717) is 5.56 Å². The Morgan fingerprint density at radius 2 is 1.38 bits per heavy atom. The number of sulfonamides is 1. The summed E-state index contributed by atoms with van der Waals surface area (Å²) in [6.45, 7) is 2.19. The summed E-state index contributed by atoms with van der Waals surface area (Å²) in [5.41, 5.74) is 2.67. The van der Waals surface area contributed by atoms with Gasteiger partial charge in [-0.25, -0.2) is 13.2 Å². The molecule has 0 aromatic heterocycles. The molecule has 0 saturated carbocycles. The van der Waals surface area contributed by atoms with Gasteiger partial charge < -0.3 is 4.74 Å². The Morgan fingerprint density at radius 1 is 0.862 bits per heavy atom. The summed E-state index contributed by atoms with van der Waals surface area (Å²) in [7, 11) is -2.58. The molecular weight excluding hydrogens is 386 g/mol. The summed E-state index contributed by atoms with van der Waals surface area (Å²) in [6, 6.07) is 23.4. The van der Waals surface area contributed by atoms with Gasteiger partial charge in [0, 0.05) is 13.1 Å². The van der Waals surface area contributed by atoms with Gasteiger partial charge in [0.25, 0.3) is 0 Å². The highest BCUT2D eigenvalue weighted by Crippen LogP contribution is 2.24. The number of carbonyl (C=O) groups excluding carboxylic acids is 1. The SMILES string of the molecule is COC(=O)c1cc(S(=O)(=O)N(Cc2ccccc2)Cc2ccccc2)ccc1C. The van der Waals surface area contributed by atoms with Crippen molar-refractivity contribution in [3.63, 3.8) is 0 Å². The van der Waals surface area contributed by atoms with Crippen LogP contribution in [-0.4, -0.2) is 25.8 Å². The number of aryl methyl sites for hydroxylation is 1. The number of benzene rings is 3. The maximum absolute atomic E-state index is 13.5. The van der Waals surface area contributed by atoms with Crippen LogP contribution in [0.1, 0.15) is 27.0 Å². The van der Waals surface area contributed by atoms with Crippen LogP contribution in [-0.2, 0) is 27.8 Å². The molecule has 3 aromatic carbocycles. The van der Waals surface area contributed by atoms with Gasteiger partial charge in [-0.3, -0.25) is 0 Å². The number of carbonyl (C=O) groups is 1. The molecule has 0 aliphatic rings. The van der Waals surface area contributed by atoms with E-state index >= 15 is 0 Å². The van der Waals surface area contributed by atoms with Crippen molar-refractivity contribution >= 4 is 16.0 Å². The number of rotatable bonds is 7. The van der Waals surface area contributed by atoms with E-state index < -0.39 is 16.0 Å². The number of hydrogen-bond donors (Lipinski definition) is 0. The molecule has 150 valence electrons. The molecular formula is C23H23NO4S. The van der Waals surface area contributed by atoms with Crippen LogP contribution in [0.4, 0.5) is 0 Å². The lowest BCUT2D eigenvalue weighted by molar-refractivity contribution is 0.0599. The Morgan fingerprint density at radius 3 is 1.86 bits per heavy atom. The molecule has 0 spiro atoms. The van der Waals surface area contributed by atoms with Crippen molar-refractivity contribution in [1.29, 1.82) is 0 Å². The summed E-state index contributed by atoms with van der Waals surface area (Å²) in [6.07, 6.45) is 0. The lowest BCUT2D eigenvalue weighted by Crippen LogP contribution is -2.30. The van der Waals surface area contributed by atoms with Gasteiger partial charge in [0.05, 0.1) is 17.6 Å². The molecule has 0 N–H and O–H groups in total. The molecule has 0 saturated heterocycles. The van der Waals surface area contributed by atoms with Gasteiger partial charge in [-0.2, -0.15) is 4.31 Å². The Bertz CT molecular complexity index is 1040. The van der Waals surface area contributed by atoms with Crippen molar-refractivity contribution in [2.45, 2.75) is 24.9 Å². The summed E-state index contributed by atoms with van der Waals surface area (Å²) in [5, 5.41) is 0. The molecule has 6 heteroatoms. The van der Waals surface area contributed by atoms with Crippen LogP contribution in [0, 0.1) is 6.92 Å². The maximum atomic E-state index is 13.5. The largest absolute Gasteiger partial charge is 0.465 e. The first-order valence-corrected chi connectivity index (χ1v) is 10.6. The molecule has 0 aliphatic heterocycles. The molecule has 0 radical (unpaired) electrons. The standard InChI is InChI=1S/C23H23NO4S/c1-18-13-14-21(15-22(18)23(25)28-2)29(26,27)24(16-19-9-5-3-6-10-19)17-20-11-7-4-8-12-20/h3-15H,16-17H2,1-2H3. The topological polar surface area (TPSA) is 63.7 Å². The first-order chi connectivity index (χ1) is 13.9. The minimum atomic E-state index is -3.85. The second-order valence-corrected chi connectivity index (χ2v) is 8.65. The second kappa shape index (κ2) is 9.03. The molecule has 3 aromatic rings. The highest BCUT2D eigenvalue weighted by molar-refractivity contribution is 7.89. The number of esters is 1. The number of methoxy groups -OCH3 is 1. The van der Waals surface area contributed by atoms with Crippen LogP contribution < -0.4 is 0 Å². The monoisotopic (exact) mass is 409 g/mol. The zero-order valence-corrected chi connectivity index (χ0v) is 17.2. The lowest BCUT2D eigenvalue weighted by atomic mass is 10.1. The highest BCUT2D eigenvalue weighted by Gasteiger charge is 2.26. The Balaban J connectivity index is 2.02. The summed E-state index contributed by atoms with van der Waals surface area (Å²) < 4.78 is 33.2. The number of hydrogen-bond acceptors (Lipinski definition) is 4. The fraction of sp³-hybridized carbons (Fsp3) is 0.174. The predicted molar refractivity (Wildman–Crippen MR) is 112 cm³/mol. The van der Waals surface area contributed by atoms with Crippen LogP contribution in [0.2, 0.25) is 0 Å². The van der Waals surface area contributed by atoms with Gasteiger partial charge in [0.15, 0.2) is 0 Å². The van der Waals surface area contributed by atoms with Crippen molar-refractivity contribution in [3.8, 4) is 0 Å². The van der Waals surface area contributed by atoms with E-state index in [1.807, 2.05) is 60.7 Å². The van der Waals surface area contributed by atoms with Crippen molar-refractivity contribution in [3.05, 3.63) is 101 Å². The third kappa shape index (κ3) is 4.91. The van der Waals surface area contributed by atoms with Crippen LogP contribution in [0.5, 0.6) is 0 Å². The first kappa shape index (κ1) is 20.8. The van der Waals surface area contributed by atoms with Gasteiger partial charge in [0.1, 0.15) is 0 Å². The van der Waals surface area contributed by atoms with E-state index in [9.17, 15) is 13.2 Å². The van der Waals surface area contributed by atoms with Gasteiger partial charge in [-0.1, -0.05) is 66.7 Å². The maximum Gasteiger partial charge on any atom is 0.338 e. The summed E-state index contributed by atoms with van der Waals surface area (Å²) in [4.78, 5) is 12.1. The molecule has 0 unspecified atom stereocenters. The average Bonchev–Trinajstić information content (AvgIpc) is 2.74. The molecule has 0 fully saturated rings. The molecule has 0 heterocycles. The lowest BCUT2D eigenvalue weighted by Gasteiger charge is -2.23. The predicted octanol–water partition coefficient (Wildman–Crippen LogP) is 4.17. The zero-order valence-electron chi connectivity index (χ0n) is 16.4. The van der Waals surface area contributed by atoms with Crippen LogP contribution in [0.25, 0.3) is 0 Å². The Labute approximate surface area is 171 Å². The highest BCUT2D eigenvalue weighted by atomic mass is 32.2. The molecule has 5 nitrogen and oxygen atoms in total. The number of nitrogens with zero attached hydrogens (tertiary/aromatic N) is 1. The molecule has 29 heavy (non-hydrogen) atoms. The Kier molecular flexibility index (Phi) is 6.46. The van der Waals surface area contributed by atoms with Crippen molar-refractivity contribution < 1.29 is 17.9 Å². The summed E-state index contributed by atoms with van der Waals surface area (Å²) in [5.74, 6) is -0.558. The van der Waals surface area contributed by atoms with Crippen molar-refractivity contribution in [2.75, 3.05) is 7.11 Å². The van der Waals surface area contributed by atoms with E-state index in [1.165, 1.54) is 23.5 Å². The first-order valence-electron chi connectivity index (χ1n) is 9.19. The van der Waals surface area contributed by atoms with E-state index in [0.717, 1.165) is 11.1 Å². The van der Waals surface area contributed by atoms with Crippen LogP contribution >= 0.6 is 0 Å². The number of ether oxygens (including phenoxy) is 1. The van der Waals surface area contributed by atoms with Crippen LogP contribution in [0.15, 0.2) is 83.8 Å². The third-order valence-electron chi connectivity index (χ3n) is 4.66. The average molecular weight is 410 g/mol. The van der Waals surface area contributed by atoms with Crippen molar-refractivity contribution in [2.24, 2.45) is 0 Å². The van der Waals surface area contributed by atoms with E-state index in [1.54, 1.807) is 13.0 Å². The van der Waals surface area contributed by atoms with E-state index in [-0.39, 0.29) is 23.5 Å². The second-order valence-electron chi connectivity index (χ2n) is 6.71. The molecule has 0 bridgehead atoms. The van der Waals surface area contributed by atoms with Gasteiger partial charge in [0.2, 0.25) is 10.0 Å². The molecule has 3 rings (SSSR count). The quantitative estimate of drug-likeness (QED) is 0.550.